The van der Waals surface area contributed by atoms with Gasteiger partial charge in [0.05, 0.1) is 5.56 Å². The van der Waals surface area contributed by atoms with Gasteiger partial charge in [-0.25, -0.2) is 14.8 Å². The summed E-state index contributed by atoms with van der Waals surface area (Å²) in [4.78, 5) is 22.1. The van der Waals surface area contributed by atoms with E-state index in [0.717, 1.165) is 40.9 Å². The van der Waals surface area contributed by atoms with Crippen molar-refractivity contribution >= 4 is 29.2 Å². The maximum absolute atomic E-state index is 11.0. The molecular formula is C15H15N3O2S. The minimum absolute atomic E-state index is 0.333. The first kappa shape index (κ1) is 13.9. The second-order valence-corrected chi connectivity index (χ2v) is 5.68. The molecule has 0 unspecified atom stereocenters. The molecule has 1 N–H and O–H groups in total. The van der Waals surface area contributed by atoms with Gasteiger partial charge in [0.1, 0.15) is 5.82 Å². The molecule has 5 nitrogen and oxygen atoms in total. The van der Waals surface area contributed by atoms with E-state index in [4.69, 9.17) is 5.11 Å². The van der Waals surface area contributed by atoms with E-state index < -0.39 is 5.97 Å². The average molecular weight is 301 g/mol. The molecule has 0 amide bonds. The average Bonchev–Trinajstić information content (AvgIpc) is 2.89. The lowest BCUT2D eigenvalue weighted by Gasteiger charge is -2.19. The lowest BCUT2D eigenvalue weighted by molar-refractivity contribution is 0.0697. The van der Waals surface area contributed by atoms with Crippen molar-refractivity contribution in [2.75, 3.05) is 17.7 Å². The van der Waals surface area contributed by atoms with Crippen LogP contribution >= 0.6 is 11.8 Å². The molecule has 1 aromatic carbocycles. The lowest BCUT2D eigenvalue weighted by atomic mass is 10.1. The molecule has 108 valence electrons. The Bertz CT molecular complexity index is 718. The lowest BCUT2D eigenvalue weighted by Crippen LogP contribution is -2.15. The van der Waals surface area contributed by atoms with Gasteiger partial charge in [0.15, 0.2) is 5.16 Å². The number of rotatable bonds is 3. The van der Waals surface area contributed by atoms with Crippen molar-refractivity contribution in [3.8, 4) is 0 Å². The third-order valence-electron chi connectivity index (χ3n) is 3.50. The second kappa shape index (κ2) is 5.37. The first-order chi connectivity index (χ1) is 10.1. The van der Waals surface area contributed by atoms with Crippen LogP contribution in [0.3, 0.4) is 0 Å². The zero-order chi connectivity index (χ0) is 15.0. The fourth-order valence-electron chi connectivity index (χ4n) is 2.53. The van der Waals surface area contributed by atoms with Crippen molar-refractivity contribution in [2.24, 2.45) is 0 Å². The van der Waals surface area contributed by atoms with Gasteiger partial charge in [-0.1, -0.05) is 11.8 Å². The molecule has 1 aromatic heterocycles. The van der Waals surface area contributed by atoms with E-state index in [1.54, 1.807) is 12.1 Å². The Balaban J connectivity index is 2.01. The van der Waals surface area contributed by atoms with Gasteiger partial charge >= 0.3 is 5.97 Å². The molecule has 2 aromatic rings. The van der Waals surface area contributed by atoms with Crippen LogP contribution in [0.2, 0.25) is 0 Å². The third kappa shape index (κ3) is 2.58. The minimum atomic E-state index is -0.890. The molecule has 6 heteroatoms. The molecule has 0 saturated heterocycles. The zero-order valence-corrected chi connectivity index (χ0v) is 12.6. The van der Waals surface area contributed by atoms with E-state index in [1.807, 2.05) is 25.3 Å². The number of anilines is 2. The number of carboxylic acid groups (broad SMARTS) is 1. The van der Waals surface area contributed by atoms with E-state index in [0.29, 0.717) is 5.56 Å². The van der Waals surface area contributed by atoms with Gasteiger partial charge in [-0.3, -0.25) is 0 Å². The van der Waals surface area contributed by atoms with E-state index in [1.165, 1.54) is 11.8 Å². The largest absolute Gasteiger partial charge is 0.478 e. The SMILES string of the molecule is CSc1nc(C)cc(N2CCc3cc(C(=O)O)ccc32)n1. The molecule has 0 fully saturated rings. The number of aryl methyl sites for hydroxylation is 1. The van der Waals surface area contributed by atoms with Crippen molar-refractivity contribution in [2.45, 2.75) is 18.5 Å². The van der Waals surface area contributed by atoms with Crippen molar-refractivity contribution in [1.29, 1.82) is 0 Å². The summed E-state index contributed by atoms with van der Waals surface area (Å²) < 4.78 is 0. The van der Waals surface area contributed by atoms with Crippen molar-refractivity contribution in [3.05, 3.63) is 41.1 Å². The molecule has 0 spiro atoms. The summed E-state index contributed by atoms with van der Waals surface area (Å²) in [5.41, 5.74) is 3.35. The summed E-state index contributed by atoms with van der Waals surface area (Å²) in [5, 5.41) is 9.82. The number of hydrogen-bond acceptors (Lipinski definition) is 5. The van der Waals surface area contributed by atoms with Gasteiger partial charge in [0, 0.05) is 24.0 Å². The predicted molar refractivity (Wildman–Crippen MR) is 82.7 cm³/mol. The highest BCUT2D eigenvalue weighted by Gasteiger charge is 2.23. The van der Waals surface area contributed by atoms with Gasteiger partial charge in [0.25, 0.3) is 0 Å². The van der Waals surface area contributed by atoms with E-state index >= 15 is 0 Å². The molecule has 0 radical (unpaired) electrons. The fourth-order valence-corrected chi connectivity index (χ4v) is 2.95. The third-order valence-corrected chi connectivity index (χ3v) is 4.05. The molecule has 3 rings (SSSR count). The Kier molecular flexibility index (Phi) is 3.55. The Hall–Kier alpha value is -2.08. The van der Waals surface area contributed by atoms with Crippen LogP contribution in [0, 0.1) is 6.92 Å². The molecule has 0 bridgehead atoms. The molecule has 0 saturated carbocycles. The fraction of sp³-hybridized carbons (Fsp3) is 0.267. The van der Waals surface area contributed by atoms with Crippen LogP contribution in [-0.4, -0.2) is 33.8 Å². The topological polar surface area (TPSA) is 66.3 Å². The number of fused-ring (bicyclic) bond motifs is 1. The molecule has 0 aliphatic carbocycles. The quantitative estimate of drug-likeness (QED) is 0.694. The number of aromatic nitrogens is 2. The number of hydrogen-bond donors (Lipinski definition) is 1. The van der Waals surface area contributed by atoms with Crippen molar-refractivity contribution in [1.82, 2.24) is 9.97 Å². The number of carboxylic acids is 1. The van der Waals surface area contributed by atoms with Crippen LogP contribution in [0.5, 0.6) is 0 Å². The van der Waals surface area contributed by atoms with Crippen LogP contribution < -0.4 is 4.90 Å². The highest BCUT2D eigenvalue weighted by molar-refractivity contribution is 7.98. The number of thioether (sulfide) groups is 1. The van der Waals surface area contributed by atoms with Crippen LogP contribution in [0.4, 0.5) is 11.5 Å². The predicted octanol–water partition coefficient (Wildman–Crippen LogP) is 2.90. The molecule has 1 aliphatic heterocycles. The Labute approximate surface area is 127 Å². The first-order valence-corrected chi connectivity index (χ1v) is 7.84. The minimum Gasteiger partial charge on any atom is -0.478 e. The number of benzene rings is 1. The summed E-state index contributed by atoms with van der Waals surface area (Å²) in [6.45, 7) is 2.76. The van der Waals surface area contributed by atoms with Crippen LogP contribution in [0.1, 0.15) is 21.6 Å². The Morgan fingerprint density at radius 3 is 2.86 bits per heavy atom. The van der Waals surface area contributed by atoms with Gasteiger partial charge in [-0.15, -0.1) is 0 Å². The smallest absolute Gasteiger partial charge is 0.335 e. The highest BCUT2D eigenvalue weighted by atomic mass is 32.2. The van der Waals surface area contributed by atoms with E-state index in [9.17, 15) is 4.79 Å². The van der Waals surface area contributed by atoms with Crippen LogP contribution in [0.15, 0.2) is 29.4 Å². The van der Waals surface area contributed by atoms with Gasteiger partial charge in [-0.2, -0.15) is 0 Å². The van der Waals surface area contributed by atoms with Crippen LogP contribution in [0.25, 0.3) is 0 Å². The van der Waals surface area contributed by atoms with Crippen LogP contribution in [-0.2, 0) is 6.42 Å². The van der Waals surface area contributed by atoms with Gasteiger partial charge < -0.3 is 10.0 Å². The molecule has 1 aliphatic rings. The second-order valence-electron chi connectivity index (χ2n) is 4.90. The zero-order valence-electron chi connectivity index (χ0n) is 11.8. The Morgan fingerprint density at radius 1 is 1.33 bits per heavy atom. The monoisotopic (exact) mass is 301 g/mol. The van der Waals surface area contributed by atoms with E-state index in [-0.39, 0.29) is 0 Å². The molecule has 2 heterocycles. The van der Waals surface area contributed by atoms with Crippen molar-refractivity contribution < 1.29 is 9.90 Å². The summed E-state index contributed by atoms with van der Waals surface area (Å²) in [6, 6.07) is 7.21. The highest BCUT2D eigenvalue weighted by Crippen LogP contribution is 2.34. The number of aromatic carboxylic acids is 1. The molecule has 21 heavy (non-hydrogen) atoms. The first-order valence-electron chi connectivity index (χ1n) is 6.62. The maximum atomic E-state index is 11.0. The van der Waals surface area contributed by atoms with E-state index in [2.05, 4.69) is 14.9 Å². The maximum Gasteiger partial charge on any atom is 0.335 e. The molecular weight excluding hydrogens is 286 g/mol. The van der Waals surface area contributed by atoms with Crippen molar-refractivity contribution in [3.63, 3.8) is 0 Å². The van der Waals surface area contributed by atoms with Gasteiger partial charge in [0.2, 0.25) is 0 Å². The number of nitrogens with zero attached hydrogens (tertiary/aromatic N) is 3. The number of carbonyl (C=O) groups is 1. The van der Waals surface area contributed by atoms with Gasteiger partial charge in [-0.05, 0) is 43.4 Å². The normalized spacial score (nSPS) is 13.3. The summed E-state index contributed by atoms with van der Waals surface area (Å²) in [7, 11) is 0. The summed E-state index contributed by atoms with van der Waals surface area (Å²) >= 11 is 1.52. The molecule has 0 atom stereocenters. The standard InChI is InChI=1S/C15H15N3O2S/c1-9-7-13(17-15(16-9)21-2)18-6-5-10-8-11(14(19)20)3-4-12(10)18/h3-4,7-8H,5-6H2,1-2H3,(H,19,20). The summed E-state index contributed by atoms with van der Waals surface area (Å²) in [5.74, 6) is -0.0209. The Morgan fingerprint density at radius 2 is 2.14 bits per heavy atom. The summed E-state index contributed by atoms with van der Waals surface area (Å²) in [6.07, 6.45) is 2.78.